The summed E-state index contributed by atoms with van der Waals surface area (Å²) in [6, 6.07) is 38.5. The number of ether oxygens (including phenoxy) is 2. The number of thioether (sulfide) groups is 2. The number of nitrogens with zero attached hydrogens (tertiary/aromatic N) is 8. The van der Waals surface area contributed by atoms with Crippen LogP contribution in [0.4, 0.5) is 4.39 Å². The zero-order valence-corrected chi connectivity index (χ0v) is 57.3. The van der Waals surface area contributed by atoms with Crippen LogP contribution < -0.4 is 0 Å². The molecular weight excluding hydrogens is 1440 g/mol. The highest BCUT2D eigenvalue weighted by molar-refractivity contribution is 9.11. The number of alkyl halides is 2. The van der Waals surface area contributed by atoms with E-state index in [1.165, 1.54) is 106 Å². The predicted octanol–water partition coefficient (Wildman–Crippen LogP) is 18.0. The minimum absolute atomic E-state index is 0.0961. The molecule has 3 heterocycles. The van der Waals surface area contributed by atoms with E-state index in [4.69, 9.17) is 23.1 Å². The van der Waals surface area contributed by atoms with Crippen LogP contribution in [0.1, 0.15) is 146 Å². The van der Waals surface area contributed by atoms with Gasteiger partial charge in [-0.15, -0.1) is 25.5 Å². The van der Waals surface area contributed by atoms with Crippen molar-refractivity contribution in [3.63, 3.8) is 0 Å². The number of H-pyrrole nitrogens is 1. The molecule has 6 fully saturated rings. The van der Waals surface area contributed by atoms with Crippen molar-refractivity contribution in [3.8, 4) is 17.1 Å². The molecule has 0 radical (unpaired) electrons. The Hall–Kier alpha value is -5.30. The molecule has 6 aromatic carbocycles. The molecule has 0 bridgehead atoms. The third-order valence-electron chi connectivity index (χ3n) is 17.1. The number of carboxylic acids is 1. The van der Waals surface area contributed by atoms with E-state index < -0.39 is 22.6 Å². The van der Waals surface area contributed by atoms with Gasteiger partial charge in [0.1, 0.15) is 13.8 Å². The quantitative estimate of drug-likeness (QED) is 0.0561. The van der Waals surface area contributed by atoms with Gasteiger partial charge in [-0.3, -0.25) is 37.6 Å². The fourth-order valence-corrected chi connectivity index (χ4v) is 16.8. The topological polar surface area (TPSA) is 185 Å². The molecule has 0 saturated heterocycles. The summed E-state index contributed by atoms with van der Waals surface area (Å²) in [5.74, 6) is 1.06. The zero-order valence-electron chi connectivity index (χ0n) is 49.5. The summed E-state index contributed by atoms with van der Waals surface area (Å²) in [7, 11) is -1.00. The SMILES string of the molecule is CCOC(=O)C1(Br)CCC1.CCOC(=O)C1(Sc2nnc(Br)n2-c2ccc(C3CC3)c3ccccc23)CCC1.O=C(O)C1(Sc2nnc(Br)n2-c2ccc(C3CC3)c3ccccc23)CCC1.S=c1[nH]nc(Br)n1-c1ccc(C2CC2)c2ccccc12.[2H]CF. The van der Waals surface area contributed by atoms with Gasteiger partial charge in [-0.25, -0.2) is 0 Å². The molecule has 23 heteroatoms. The minimum atomic E-state index is -1.00. The fourth-order valence-electron chi connectivity index (χ4n) is 11.6. The summed E-state index contributed by atoms with van der Waals surface area (Å²) in [6.45, 7) is 4.55. The van der Waals surface area contributed by atoms with Crippen molar-refractivity contribution in [2.24, 2.45) is 0 Å². The van der Waals surface area contributed by atoms with E-state index in [1.54, 1.807) is 0 Å². The highest BCUT2D eigenvalue weighted by Gasteiger charge is 2.49. The van der Waals surface area contributed by atoms with Gasteiger partial charge in [-0.05, 0) is 239 Å². The number of hydrogen-bond donors (Lipinski definition) is 2. The molecule has 3 aromatic heterocycles. The lowest BCUT2D eigenvalue weighted by Gasteiger charge is -2.37. The Labute approximate surface area is 558 Å². The van der Waals surface area contributed by atoms with Crippen LogP contribution in [0.25, 0.3) is 49.4 Å². The fraction of sp³-hybridized carbons (Fsp3) is 0.400. The largest absolute Gasteiger partial charge is 0.480 e. The first kappa shape index (κ1) is 62.9. The van der Waals surface area contributed by atoms with Crippen molar-refractivity contribution < 1.29 is 34.7 Å². The lowest BCUT2D eigenvalue weighted by atomic mass is 9.84. The maximum Gasteiger partial charge on any atom is 0.322 e. The van der Waals surface area contributed by atoms with Gasteiger partial charge in [-0.1, -0.05) is 130 Å². The molecule has 6 aliphatic rings. The Morgan fingerprint density at radius 1 is 0.580 bits per heavy atom. The molecule has 88 heavy (non-hydrogen) atoms. The molecule has 0 amide bonds. The first-order valence-electron chi connectivity index (χ1n) is 30.4. The minimum Gasteiger partial charge on any atom is -0.480 e. The second-order valence-corrected chi connectivity index (χ2v) is 29.5. The Kier molecular flexibility index (Phi) is 19.8. The number of rotatable bonds is 15. The average molecular weight is 1510 g/mol. The predicted molar refractivity (Wildman–Crippen MR) is 361 cm³/mol. The molecule has 0 unspecified atom stereocenters. The summed E-state index contributed by atoms with van der Waals surface area (Å²) in [6.07, 6.45) is 15.5. The summed E-state index contributed by atoms with van der Waals surface area (Å²) in [5.41, 5.74) is 7.35. The number of carboxylic acid groups (broad SMARTS) is 1. The molecule has 6 aliphatic carbocycles. The lowest BCUT2D eigenvalue weighted by molar-refractivity contribution is -0.149. The van der Waals surface area contributed by atoms with Crippen molar-refractivity contribution in [2.45, 2.75) is 152 Å². The van der Waals surface area contributed by atoms with Crippen LogP contribution in [-0.4, -0.2) is 101 Å². The number of aliphatic carboxylic acids is 1. The summed E-state index contributed by atoms with van der Waals surface area (Å²) in [4.78, 5) is 35.5. The van der Waals surface area contributed by atoms with E-state index in [1.807, 2.05) is 33.6 Å². The van der Waals surface area contributed by atoms with E-state index in [-0.39, 0.29) is 16.3 Å². The van der Waals surface area contributed by atoms with Gasteiger partial charge in [0.25, 0.3) is 0 Å². The van der Waals surface area contributed by atoms with Crippen molar-refractivity contribution >= 4 is 150 Å². The van der Waals surface area contributed by atoms with E-state index >= 15 is 0 Å². The van der Waals surface area contributed by atoms with E-state index in [0.717, 1.165) is 73.3 Å². The number of halogens is 5. The van der Waals surface area contributed by atoms with Crippen LogP contribution in [0.3, 0.4) is 0 Å². The van der Waals surface area contributed by atoms with Crippen LogP contribution >= 0.6 is 99.5 Å². The number of esters is 2. The standard InChI is InChI=1S/C22H22BrN3O2S.C20H18BrN3O2S.C15H12BrN3S.C7H11BrO2.CH3F/c1-2-28-19(27)22(12-5-13-22)29-21-25-24-20(23)26(21)18-11-10-15(14-8-9-14)16-6-3-4-7-17(16)18;21-18-22-23-19(27-20(17(25)26)10-3-11-20)24(18)16-9-8-13(12-6-7-12)14-4-1-2-5-15(14)16;16-14-17-18-15(20)19(14)13-8-7-10(9-5-6-9)11-3-1-2-4-12(11)13;1-2-10-6(9)7(8)4-3-5-7;1-2/h3-4,6-7,10-11,14H,2,5,8-9,12-13H2,1H3;1-2,4-5,8-9,12H,3,6-7,10-11H2,(H,25,26);1-4,7-9H,5-6H2,(H,18,20);2-5H2,1H3;1H3/i;;;;1D. The first-order chi connectivity index (χ1) is 43.1. The van der Waals surface area contributed by atoms with Crippen molar-refractivity contribution in [1.82, 2.24) is 44.3 Å². The number of benzene rings is 6. The van der Waals surface area contributed by atoms with E-state index in [9.17, 15) is 23.9 Å². The third kappa shape index (κ3) is 13.2. The van der Waals surface area contributed by atoms with Gasteiger partial charge >= 0.3 is 17.9 Å². The molecule has 15 rings (SSSR count). The van der Waals surface area contributed by atoms with Gasteiger partial charge in [-0.2, -0.15) is 0 Å². The molecule has 2 N–H and O–H groups in total. The lowest BCUT2D eigenvalue weighted by Crippen LogP contribution is -2.43. The van der Waals surface area contributed by atoms with Crippen LogP contribution in [0.15, 0.2) is 134 Å². The molecule has 460 valence electrons. The molecule has 0 atom stereocenters. The normalized spacial score (nSPS) is 17.6. The Morgan fingerprint density at radius 3 is 1.26 bits per heavy atom. The maximum absolute atomic E-state index is 12.6. The zero-order chi connectivity index (χ0) is 62.6. The number of nitrogens with one attached hydrogen (secondary N) is 1. The van der Waals surface area contributed by atoms with Gasteiger partial charge < -0.3 is 14.6 Å². The first-order valence-corrected chi connectivity index (χ1v) is 34.9. The molecule has 0 spiro atoms. The van der Waals surface area contributed by atoms with E-state index in [0.29, 0.717) is 67.2 Å². The van der Waals surface area contributed by atoms with Gasteiger partial charge in [0.05, 0.1) is 38.8 Å². The maximum atomic E-state index is 12.6. The van der Waals surface area contributed by atoms with Crippen molar-refractivity contribution in [3.05, 3.63) is 145 Å². The highest BCUT2D eigenvalue weighted by atomic mass is 79.9. The Morgan fingerprint density at radius 2 is 0.943 bits per heavy atom. The Balaban J connectivity index is 0.000000126. The molecule has 9 aromatic rings. The number of aromatic nitrogens is 9. The van der Waals surface area contributed by atoms with Crippen molar-refractivity contribution in [2.75, 3.05) is 20.4 Å². The van der Waals surface area contributed by atoms with Gasteiger partial charge in [0, 0.05) is 16.2 Å². The summed E-state index contributed by atoms with van der Waals surface area (Å²) < 4.78 is 32.5. The van der Waals surface area contributed by atoms with Crippen LogP contribution in [0.2, 0.25) is 0 Å². The van der Waals surface area contributed by atoms with Crippen LogP contribution in [0, 0.1) is 4.77 Å². The smallest absolute Gasteiger partial charge is 0.322 e. The second kappa shape index (κ2) is 27.7. The van der Waals surface area contributed by atoms with Gasteiger partial charge in [0.15, 0.2) is 10.3 Å². The van der Waals surface area contributed by atoms with Crippen molar-refractivity contribution in [1.29, 1.82) is 0 Å². The van der Waals surface area contributed by atoms with Crippen LogP contribution in [-0.2, 0) is 23.9 Å². The highest BCUT2D eigenvalue weighted by Crippen LogP contribution is 2.52. The van der Waals surface area contributed by atoms with Crippen LogP contribution in [0.5, 0.6) is 0 Å². The molecular formula is C65H66Br4FN9O6S3. The Bertz CT molecular complexity index is 4140. The number of aromatic amines is 1. The molecule has 0 aliphatic heterocycles. The summed E-state index contributed by atoms with van der Waals surface area (Å²) in [5, 5.41) is 42.5. The average Bonchev–Trinajstić information content (AvgIpc) is 2.01. The summed E-state index contributed by atoms with van der Waals surface area (Å²) >= 11 is 22.0. The number of carbonyl (C=O) groups excluding carboxylic acids is 2. The monoisotopic (exact) mass is 1500 g/mol. The number of carbonyl (C=O) groups is 3. The number of hydrogen-bond acceptors (Lipinski definition) is 13. The second-order valence-electron chi connectivity index (χ2n) is 22.8. The molecule has 6 saturated carbocycles. The number of fused-ring (bicyclic) bond motifs is 3. The van der Waals surface area contributed by atoms with E-state index in [2.05, 4.69) is 197 Å². The molecule has 15 nitrogen and oxygen atoms in total. The third-order valence-corrected chi connectivity index (χ3v) is 22.9. The van der Waals surface area contributed by atoms with Gasteiger partial charge in [0.2, 0.25) is 19.0 Å².